The lowest BCUT2D eigenvalue weighted by atomic mass is 9.98. The zero-order valence-corrected chi connectivity index (χ0v) is 5.43. The molecule has 0 amide bonds. The van der Waals surface area contributed by atoms with Gasteiger partial charge in [0, 0.05) is 5.71 Å². The number of nitrogens with zero attached hydrogens (tertiary/aromatic N) is 1. The van der Waals surface area contributed by atoms with Crippen LogP contribution in [0, 0.1) is 0 Å². The maximum atomic E-state index is 8.34. The van der Waals surface area contributed by atoms with Crippen molar-refractivity contribution in [2.24, 2.45) is 5.10 Å². The second kappa shape index (κ2) is 3.45. The second-order valence-corrected chi connectivity index (χ2v) is 2.16. The molecule has 1 aliphatic carbocycles. The monoisotopic (exact) mass is 128 g/mol. The van der Waals surface area contributed by atoms with E-state index in [4.69, 9.17) is 5.11 Å². The fourth-order valence-corrected chi connectivity index (χ4v) is 0.664. The summed E-state index contributed by atoms with van der Waals surface area (Å²) >= 11 is 0. The summed E-state index contributed by atoms with van der Waals surface area (Å²) in [5, 5.41) is 12.4. The minimum atomic E-state index is 0.163. The zero-order valence-electron chi connectivity index (χ0n) is 5.43. The van der Waals surface area contributed by atoms with Gasteiger partial charge in [0.15, 0.2) is 0 Å². The van der Waals surface area contributed by atoms with Crippen molar-refractivity contribution in [1.82, 2.24) is 5.43 Å². The van der Waals surface area contributed by atoms with Crippen LogP contribution in [0.2, 0.25) is 0 Å². The lowest BCUT2D eigenvalue weighted by Gasteiger charge is -2.13. The standard InChI is InChI=1S/C6H12N2O/c9-5-4-7-8-6-2-1-3-6/h7,9H,1-5H2. The van der Waals surface area contributed by atoms with Crippen molar-refractivity contribution in [3.8, 4) is 0 Å². The minimum absolute atomic E-state index is 0.163. The Labute approximate surface area is 54.8 Å². The highest BCUT2D eigenvalue weighted by Crippen LogP contribution is 2.12. The van der Waals surface area contributed by atoms with Gasteiger partial charge in [-0.2, -0.15) is 5.10 Å². The molecule has 0 aromatic rings. The van der Waals surface area contributed by atoms with E-state index >= 15 is 0 Å². The lowest BCUT2D eigenvalue weighted by Crippen LogP contribution is -2.18. The summed E-state index contributed by atoms with van der Waals surface area (Å²) in [4.78, 5) is 0. The fourth-order valence-electron chi connectivity index (χ4n) is 0.664. The van der Waals surface area contributed by atoms with Crippen LogP contribution in [0.4, 0.5) is 0 Å². The Balaban J connectivity index is 2.01. The Morgan fingerprint density at radius 1 is 1.56 bits per heavy atom. The number of aliphatic hydroxyl groups excluding tert-OH is 1. The Morgan fingerprint density at radius 2 is 2.33 bits per heavy atom. The van der Waals surface area contributed by atoms with Crippen LogP contribution in [0.1, 0.15) is 19.3 Å². The highest BCUT2D eigenvalue weighted by Gasteiger charge is 2.08. The average molecular weight is 128 g/mol. The molecule has 52 valence electrons. The second-order valence-electron chi connectivity index (χ2n) is 2.16. The van der Waals surface area contributed by atoms with Crippen LogP contribution in [0.3, 0.4) is 0 Å². The van der Waals surface area contributed by atoms with Gasteiger partial charge in [-0.3, -0.25) is 0 Å². The Bertz CT molecular complexity index is 106. The minimum Gasteiger partial charge on any atom is -0.394 e. The van der Waals surface area contributed by atoms with Crippen molar-refractivity contribution >= 4 is 5.71 Å². The normalized spacial score (nSPS) is 16.8. The third kappa shape index (κ3) is 2.01. The topological polar surface area (TPSA) is 44.6 Å². The summed E-state index contributed by atoms with van der Waals surface area (Å²) in [7, 11) is 0. The van der Waals surface area contributed by atoms with Crippen molar-refractivity contribution in [1.29, 1.82) is 0 Å². The molecule has 0 radical (unpaired) electrons. The SMILES string of the molecule is OCCNN=C1CCC1. The molecule has 1 saturated carbocycles. The van der Waals surface area contributed by atoms with E-state index in [1.807, 2.05) is 0 Å². The van der Waals surface area contributed by atoms with E-state index in [0.29, 0.717) is 6.54 Å². The van der Waals surface area contributed by atoms with Crippen LogP contribution in [-0.2, 0) is 0 Å². The maximum absolute atomic E-state index is 8.34. The zero-order chi connectivity index (χ0) is 6.53. The maximum Gasteiger partial charge on any atom is 0.0620 e. The molecule has 0 spiro atoms. The first-order valence-corrected chi connectivity index (χ1v) is 3.32. The molecule has 1 aliphatic rings. The number of aliphatic hydroxyl groups is 1. The van der Waals surface area contributed by atoms with Crippen molar-refractivity contribution in [3.05, 3.63) is 0 Å². The number of nitrogens with one attached hydrogen (secondary N) is 1. The van der Waals surface area contributed by atoms with Gasteiger partial charge in [-0.25, -0.2) is 0 Å². The van der Waals surface area contributed by atoms with Crippen LogP contribution >= 0.6 is 0 Å². The number of hydrazone groups is 1. The number of hydrogen-bond acceptors (Lipinski definition) is 3. The third-order valence-electron chi connectivity index (χ3n) is 1.39. The predicted octanol–water partition coefficient (Wildman–Crippen LogP) is 0.108. The van der Waals surface area contributed by atoms with Gasteiger partial charge in [0.1, 0.15) is 0 Å². The molecule has 0 unspecified atom stereocenters. The Morgan fingerprint density at radius 3 is 2.78 bits per heavy atom. The van der Waals surface area contributed by atoms with Gasteiger partial charge in [-0.15, -0.1) is 0 Å². The van der Waals surface area contributed by atoms with Crippen molar-refractivity contribution < 1.29 is 5.11 Å². The molecular weight excluding hydrogens is 116 g/mol. The number of rotatable bonds is 3. The van der Waals surface area contributed by atoms with Crippen molar-refractivity contribution in [2.75, 3.05) is 13.2 Å². The first kappa shape index (κ1) is 6.55. The van der Waals surface area contributed by atoms with Crippen LogP contribution in [0.25, 0.3) is 0 Å². The summed E-state index contributed by atoms with van der Waals surface area (Å²) in [5.41, 5.74) is 4.01. The van der Waals surface area contributed by atoms with Gasteiger partial charge in [0.05, 0.1) is 13.2 Å². The molecule has 0 bridgehead atoms. The van der Waals surface area contributed by atoms with Crippen molar-refractivity contribution in [2.45, 2.75) is 19.3 Å². The quantitative estimate of drug-likeness (QED) is 0.418. The van der Waals surface area contributed by atoms with Gasteiger partial charge in [-0.1, -0.05) is 0 Å². The first-order chi connectivity index (χ1) is 4.43. The number of hydrogen-bond donors (Lipinski definition) is 2. The summed E-state index contributed by atoms with van der Waals surface area (Å²) < 4.78 is 0. The smallest absolute Gasteiger partial charge is 0.0620 e. The summed E-state index contributed by atoms with van der Waals surface area (Å²) in [6.45, 7) is 0.736. The van der Waals surface area contributed by atoms with E-state index in [1.165, 1.54) is 12.1 Å². The summed E-state index contributed by atoms with van der Waals surface area (Å²) in [6.07, 6.45) is 3.55. The highest BCUT2D eigenvalue weighted by molar-refractivity contribution is 5.88. The van der Waals surface area contributed by atoms with Gasteiger partial charge < -0.3 is 10.5 Å². The molecule has 0 aliphatic heterocycles. The van der Waals surface area contributed by atoms with Gasteiger partial charge in [-0.05, 0) is 19.3 Å². The molecule has 1 fully saturated rings. The molecule has 0 aromatic carbocycles. The molecule has 0 aromatic heterocycles. The fraction of sp³-hybridized carbons (Fsp3) is 0.833. The van der Waals surface area contributed by atoms with E-state index in [0.717, 1.165) is 12.8 Å². The molecule has 0 heterocycles. The lowest BCUT2D eigenvalue weighted by molar-refractivity contribution is 0.293. The third-order valence-corrected chi connectivity index (χ3v) is 1.39. The molecular formula is C6H12N2O. The molecule has 3 nitrogen and oxygen atoms in total. The largest absolute Gasteiger partial charge is 0.394 e. The van der Waals surface area contributed by atoms with E-state index < -0.39 is 0 Å². The van der Waals surface area contributed by atoms with Gasteiger partial charge >= 0.3 is 0 Å². The molecule has 2 N–H and O–H groups in total. The Hall–Kier alpha value is -0.570. The van der Waals surface area contributed by atoms with E-state index in [-0.39, 0.29) is 6.61 Å². The van der Waals surface area contributed by atoms with Crippen LogP contribution < -0.4 is 5.43 Å². The molecule has 0 atom stereocenters. The van der Waals surface area contributed by atoms with E-state index in [2.05, 4.69) is 10.5 Å². The molecule has 0 saturated heterocycles. The predicted molar refractivity (Wildman–Crippen MR) is 36.4 cm³/mol. The first-order valence-electron chi connectivity index (χ1n) is 3.32. The van der Waals surface area contributed by atoms with E-state index in [9.17, 15) is 0 Å². The Kier molecular flexibility index (Phi) is 2.51. The molecule has 1 rings (SSSR count). The van der Waals surface area contributed by atoms with Crippen LogP contribution in [0.5, 0.6) is 0 Å². The molecule has 3 heteroatoms. The summed E-state index contributed by atoms with van der Waals surface area (Å²) in [5.74, 6) is 0. The highest BCUT2D eigenvalue weighted by atomic mass is 16.3. The summed E-state index contributed by atoms with van der Waals surface area (Å²) in [6, 6.07) is 0. The average Bonchev–Trinajstić information content (AvgIpc) is 1.76. The van der Waals surface area contributed by atoms with Gasteiger partial charge in [0.25, 0.3) is 0 Å². The van der Waals surface area contributed by atoms with E-state index in [1.54, 1.807) is 0 Å². The molecule has 9 heavy (non-hydrogen) atoms. The van der Waals surface area contributed by atoms with Crippen molar-refractivity contribution in [3.63, 3.8) is 0 Å². The van der Waals surface area contributed by atoms with Crippen LogP contribution in [0.15, 0.2) is 5.10 Å². The van der Waals surface area contributed by atoms with Gasteiger partial charge in [0.2, 0.25) is 0 Å². The van der Waals surface area contributed by atoms with Crippen LogP contribution in [-0.4, -0.2) is 24.0 Å².